The summed E-state index contributed by atoms with van der Waals surface area (Å²) < 4.78 is 0. The van der Waals surface area contributed by atoms with Crippen molar-refractivity contribution in [3.05, 3.63) is 34.9 Å². The largest absolute Gasteiger partial charge is 0.272 e. The maximum absolute atomic E-state index is 12.7. The van der Waals surface area contributed by atoms with Crippen molar-refractivity contribution in [1.82, 2.24) is 10.4 Å². The predicted molar refractivity (Wildman–Crippen MR) is 94.8 cm³/mol. The zero-order chi connectivity index (χ0) is 17.2. The molecule has 2 bridgehead atoms. The molecule has 0 unspecified atom stereocenters. The van der Waals surface area contributed by atoms with Gasteiger partial charge in [-0.3, -0.25) is 19.8 Å². The average molecular weight is 477 g/mol. The van der Waals surface area contributed by atoms with Crippen molar-refractivity contribution in [1.29, 1.82) is 0 Å². The Morgan fingerprint density at radius 3 is 2.17 bits per heavy atom. The van der Waals surface area contributed by atoms with Crippen LogP contribution in [0.5, 0.6) is 0 Å². The molecule has 8 heteroatoms. The van der Waals surface area contributed by atoms with Crippen LogP contribution in [0.15, 0.2) is 24.3 Å². The van der Waals surface area contributed by atoms with Crippen molar-refractivity contribution in [2.45, 2.75) is 16.1 Å². The van der Waals surface area contributed by atoms with Gasteiger partial charge in [0.15, 0.2) is 0 Å². The first-order valence-electron chi connectivity index (χ1n) is 7.63. The van der Waals surface area contributed by atoms with Crippen LogP contribution < -0.4 is 5.43 Å². The van der Waals surface area contributed by atoms with Crippen LogP contribution >= 0.6 is 43.5 Å². The standard InChI is InChI=1S/C16H13Br2ClN2O3/c17-12-7-5-8(13(12)18)11-10(7)15(23)21(16(11)24)20-14(22)6-3-1-2-4-9(6)19/h1-4,7-8,10-13H,5H2,(H,20,22)/t7-,8-,10-,11-,12-,13+/m1/s1. The summed E-state index contributed by atoms with van der Waals surface area (Å²) in [6.45, 7) is 0. The van der Waals surface area contributed by atoms with Gasteiger partial charge in [0.25, 0.3) is 17.7 Å². The van der Waals surface area contributed by atoms with Crippen LogP contribution in [-0.2, 0) is 9.59 Å². The molecule has 1 aromatic carbocycles. The molecule has 0 aromatic heterocycles. The number of hydrogen-bond donors (Lipinski definition) is 1. The van der Waals surface area contributed by atoms with Gasteiger partial charge >= 0.3 is 0 Å². The predicted octanol–water partition coefficient (Wildman–Crippen LogP) is 2.76. The molecule has 1 heterocycles. The van der Waals surface area contributed by atoms with Gasteiger partial charge in [-0.05, 0) is 30.4 Å². The molecular formula is C16H13Br2ClN2O3. The molecule has 5 nitrogen and oxygen atoms in total. The molecule has 0 radical (unpaired) electrons. The maximum Gasteiger partial charge on any atom is 0.271 e. The maximum atomic E-state index is 12.7. The van der Waals surface area contributed by atoms with E-state index in [0.717, 1.165) is 11.4 Å². The summed E-state index contributed by atoms with van der Waals surface area (Å²) in [4.78, 5) is 38.1. The van der Waals surface area contributed by atoms with Crippen molar-refractivity contribution < 1.29 is 14.4 Å². The Labute approximate surface area is 160 Å². The van der Waals surface area contributed by atoms with Gasteiger partial charge < -0.3 is 0 Å². The molecular weight excluding hydrogens is 463 g/mol. The Hall–Kier alpha value is -0.920. The van der Waals surface area contributed by atoms with Crippen LogP contribution in [0, 0.1) is 23.7 Å². The molecule has 3 aliphatic rings. The van der Waals surface area contributed by atoms with Crippen LogP contribution in [0.1, 0.15) is 16.8 Å². The van der Waals surface area contributed by atoms with E-state index in [1.807, 2.05) is 0 Å². The molecule has 2 aliphatic carbocycles. The summed E-state index contributed by atoms with van der Waals surface area (Å²) in [5, 5.41) is 1.17. The van der Waals surface area contributed by atoms with Gasteiger partial charge in [-0.2, -0.15) is 5.01 Å². The number of amides is 3. The Morgan fingerprint density at radius 2 is 1.62 bits per heavy atom. The molecule has 3 amide bonds. The highest BCUT2D eigenvalue weighted by molar-refractivity contribution is 9.12. The molecule has 1 aromatic rings. The van der Waals surface area contributed by atoms with E-state index in [4.69, 9.17) is 11.6 Å². The van der Waals surface area contributed by atoms with Crippen molar-refractivity contribution in [3.8, 4) is 0 Å². The van der Waals surface area contributed by atoms with Gasteiger partial charge in [-0.25, -0.2) is 0 Å². The first-order chi connectivity index (χ1) is 11.4. The topological polar surface area (TPSA) is 66.5 Å². The Morgan fingerprint density at radius 1 is 1.08 bits per heavy atom. The summed E-state index contributed by atoms with van der Waals surface area (Å²) in [5.74, 6) is -1.67. The number of rotatable bonds is 2. The van der Waals surface area contributed by atoms with Crippen LogP contribution in [-0.4, -0.2) is 32.4 Å². The quantitative estimate of drug-likeness (QED) is 0.527. The number of hydrogen-bond acceptors (Lipinski definition) is 3. The third-order valence-electron chi connectivity index (χ3n) is 5.32. The zero-order valence-electron chi connectivity index (χ0n) is 12.3. The summed E-state index contributed by atoms with van der Waals surface area (Å²) >= 11 is 13.3. The molecule has 1 N–H and O–H groups in total. The molecule has 24 heavy (non-hydrogen) atoms. The van der Waals surface area contributed by atoms with E-state index in [-0.39, 0.29) is 55.7 Å². The van der Waals surface area contributed by atoms with Gasteiger partial charge in [0.1, 0.15) is 0 Å². The highest BCUT2D eigenvalue weighted by Crippen LogP contribution is 2.59. The van der Waals surface area contributed by atoms with Crippen LogP contribution in [0.25, 0.3) is 0 Å². The summed E-state index contributed by atoms with van der Waals surface area (Å²) in [7, 11) is 0. The Balaban J connectivity index is 1.58. The minimum atomic E-state index is -0.555. The number of carbonyl (C=O) groups is 3. The molecule has 0 spiro atoms. The Bertz CT molecular complexity index is 727. The number of hydrazine groups is 1. The fourth-order valence-electron chi connectivity index (χ4n) is 4.27. The lowest BCUT2D eigenvalue weighted by Crippen LogP contribution is -2.47. The summed E-state index contributed by atoms with van der Waals surface area (Å²) in [6, 6.07) is 6.52. The van der Waals surface area contributed by atoms with E-state index in [2.05, 4.69) is 37.3 Å². The summed E-state index contributed by atoms with van der Waals surface area (Å²) in [5.41, 5.74) is 2.68. The fourth-order valence-corrected chi connectivity index (χ4v) is 6.36. The highest BCUT2D eigenvalue weighted by Gasteiger charge is 2.66. The number of benzene rings is 1. The van der Waals surface area contributed by atoms with E-state index >= 15 is 0 Å². The summed E-state index contributed by atoms with van der Waals surface area (Å²) in [6.07, 6.45) is 0.852. The van der Waals surface area contributed by atoms with Crippen LogP contribution in [0.3, 0.4) is 0 Å². The van der Waals surface area contributed by atoms with Crippen molar-refractivity contribution >= 4 is 61.2 Å². The normalized spacial score (nSPS) is 37.0. The number of halogens is 3. The number of alkyl halides is 2. The molecule has 1 saturated heterocycles. The monoisotopic (exact) mass is 474 g/mol. The van der Waals surface area contributed by atoms with Crippen molar-refractivity contribution in [2.75, 3.05) is 0 Å². The molecule has 1 aliphatic heterocycles. The van der Waals surface area contributed by atoms with Crippen LogP contribution in [0.2, 0.25) is 5.02 Å². The first kappa shape index (κ1) is 16.5. The lowest BCUT2D eigenvalue weighted by atomic mass is 9.81. The molecule has 126 valence electrons. The van der Waals surface area contributed by atoms with Crippen molar-refractivity contribution in [2.24, 2.45) is 23.7 Å². The van der Waals surface area contributed by atoms with E-state index in [9.17, 15) is 14.4 Å². The zero-order valence-corrected chi connectivity index (χ0v) is 16.2. The smallest absolute Gasteiger partial charge is 0.271 e. The molecule has 3 fully saturated rings. The number of nitrogens with one attached hydrogen (secondary N) is 1. The highest BCUT2D eigenvalue weighted by atomic mass is 79.9. The SMILES string of the molecule is O=C(NN1C(=O)[C@@H]2[C@H]3C[C@@H]([C@@H](Br)[C@H]3Br)[C@H]2C1=O)c1ccccc1Cl. The van der Waals surface area contributed by atoms with Gasteiger partial charge in [-0.1, -0.05) is 55.6 Å². The van der Waals surface area contributed by atoms with Gasteiger partial charge in [-0.15, -0.1) is 0 Å². The second-order valence-corrected chi connectivity index (χ2v) is 8.96. The average Bonchev–Trinajstić information content (AvgIpc) is 3.15. The van der Waals surface area contributed by atoms with E-state index in [1.54, 1.807) is 24.3 Å². The molecule has 6 atom stereocenters. The van der Waals surface area contributed by atoms with Crippen molar-refractivity contribution in [3.63, 3.8) is 0 Å². The first-order valence-corrected chi connectivity index (χ1v) is 9.84. The van der Waals surface area contributed by atoms with Crippen LogP contribution in [0.4, 0.5) is 0 Å². The number of imide groups is 1. The second kappa shape index (κ2) is 5.81. The second-order valence-electron chi connectivity index (χ2n) is 6.44. The number of fused-ring (bicyclic) bond motifs is 5. The fraction of sp³-hybridized carbons (Fsp3) is 0.438. The number of carbonyl (C=O) groups excluding carboxylic acids is 3. The minimum absolute atomic E-state index is 0.114. The molecule has 2 saturated carbocycles. The minimum Gasteiger partial charge on any atom is -0.272 e. The third kappa shape index (κ3) is 2.21. The van der Waals surface area contributed by atoms with Gasteiger partial charge in [0.2, 0.25) is 0 Å². The lowest BCUT2D eigenvalue weighted by Gasteiger charge is -2.28. The van der Waals surface area contributed by atoms with E-state index < -0.39 is 5.91 Å². The molecule has 4 rings (SSSR count). The van der Waals surface area contributed by atoms with Gasteiger partial charge in [0, 0.05) is 9.65 Å². The lowest BCUT2D eigenvalue weighted by molar-refractivity contribution is -0.143. The third-order valence-corrected chi connectivity index (χ3v) is 8.86. The van der Waals surface area contributed by atoms with E-state index in [1.165, 1.54) is 0 Å². The Kier molecular flexibility index (Phi) is 4.01. The van der Waals surface area contributed by atoms with Gasteiger partial charge in [0.05, 0.1) is 22.4 Å². The number of nitrogens with zero attached hydrogens (tertiary/aromatic N) is 1. The van der Waals surface area contributed by atoms with E-state index in [0.29, 0.717) is 0 Å².